The summed E-state index contributed by atoms with van der Waals surface area (Å²) >= 11 is 0. The molecule has 2 aliphatic rings. The fraction of sp³-hybridized carbons (Fsp3) is 0.579. The molecule has 3 rings (SSSR count). The maximum Gasteiger partial charge on any atom is 0.309 e. The fourth-order valence-electron chi connectivity index (χ4n) is 3.59. The number of amides is 2. The molecule has 1 aromatic rings. The Bertz CT molecular complexity index is 778. The summed E-state index contributed by atoms with van der Waals surface area (Å²) < 4.78 is 32.6. The summed E-state index contributed by atoms with van der Waals surface area (Å²) in [5.74, 6) is -1.45. The Morgan fingerprint density at radius 2 is 1.75 bits per heavy atom. The molecule has 1 aromatic carbocycles. The van der Waals surface area contributed by atoms with Gasteiger partial charge in [-0.1, -0.05) is 37.5 Å². The van der Waals surface area contributed by atoms with Crippen molar-refractivity contribution in [1.29, 1.82) is 0 Å². The molecule has 0 radical (unpaired) electrons. The molecule has 2 amide bonds. The van der Waals surface area contributed by atoms with E-state index >= 15 is 0 Å². The van der Waals surface area contributed by atoms with Crippen LogP contribution in [0.15, 0.2) is 35.2 Å². The summed E-state index contributed by atoms with van der Waals surface area (Å²) in [6.45, 7) is 0.616. The van der Waals surface area contributed by atoms with Crippen molar-refractivity contribution in [2.45, 2.75) is 55.7 Å². The van der Waals surface area contributed by atoms with Gasteiger partial charge in [0.05, 0.1) is 18.0 Å². The molecule has 154 valence electrons. The summed E-state index contributed by atoms with van der Waals surface area (Å²) in [6.07, 6.45) is 4.75. The molecule has 0 aromatic heterocycles. The predicted octanol–water partition coefficient (Wildman–Crippen LogP) is 0.989. The van der Waals surface area contributed by atoms with Gasteiger partial charge < -0.3 is 15.4 Å². The lowest BCUT2D eigenvalue weighted by Crippen LogP contribution is -2.53. The Labute approximate surface area is 165 Å². The molecule has 1 aliphatic carbocycles. The zero-order valence-corrected chi connectivity index (χ0v) is 16.6. The van der Waals surface area contributed by atoms with E-state index in [1.54, 1.807) is 18.2 Å². The van der Waals surface area contributed by atoms with Gasteiger partial charge in [-0.15, -0.1) is 0 Å². The zero-order valence-electron chi connectivity index (χ0n) is 15.8. The van der Waals surface area contributed by atoms with Crippen LogP contribution in [-0.2, 0) is 24.3 Å². The maximum atomic E-state index is 12.9. The smallest absolute Gasteiger partial charge is 0.309 e. The first-order chi connectivity index (χ1) is 13.5. The first kappa shape index (κ1) is 20.8. The van der Waals surface area contributed by atoms with Crippen molar-refractivity contribution in [3.63, 3.8) is 0 Å². The van der Waals surface area contributed by atoms with E-state index < -0.39 is 28.1 Å². The van der Waals surface area contributed by atoms with Crippen molar-refractivity contribution in [2.24, 2.45) is 0 Å². The summed E-state index contributed by atoms with van der Waals surface area (Å²) in [5.41, 5.74) is 0. The number of ether oxygens (including phenoxy) is 1. The van der Waals surface area contributed by atoms with Crippen LogP contribution in [0, 0.1) is 0 Å². The van der Waals surface area contributed by atoms with Crippen LogP contribution in [0.1, 0.15) is 38.5 Å². The zero-order chi connectivity index (χ0) is 20.0. The second-order valence-corrected chi connectivity index (χ2v) is 9.02. The molecule has 2 fully saturated rings. The minimum Gasteiger partial charge on any atom is -0.360 e. The van der Waals surface area contributed by atoms with Gasteiger partial charge in [0.1, 0.15) is 6.23 Å². The second-order valence-electron chi connectivity index (χ2n) is 7.13. The SMILES string of the molecule is O=C(NCC1OCCCN1S(=O)(=O)c1ccccc1)C(=O)NC1CCCCC1. The Balaban J connectivity index is 1.58. The maximum absolute atomic E-state index is 12.9. The molecule has 1 unspecified atom stereocenters. The summed E-state index contributed by atoms with van der Waals surface area (Å²) in [7, 11) is -3.75. The monoisotopic (exact) mass is 409 g/mol. The van der Waals surface area contributed by atoms with Gasteiger partial charge in [0.2, 0.25) is 10.0 Å². The Morgan fingerprint density at radius 1 is 1.04 bits per heavy atom. The highest BCUT2D eigenvalue weighted by atomic mass is 32.2. The summed E-state index contributed by atoms with van der Waals surface area (Å²) in [6, 6.07) is 8.14. The van der Waals surface area contributed by atoms with Crippen molar-refractivity contribution in [2.75, 3.05) is 19.7 Å². The van der Waals surface area contributed by atoms with Crippen LogP contribution in [-0.4, -0.2) is 56.5 Å². The molecule has 28 heavy (non-hydrogen) atoms. The number of benzene rings is 1. The molecule has 0 bridgehead atoms. The minimum absolute atomic E-state index is 0.0351. The average Bonchev–Trinajstić information content (AvgIpc) is 2.73. The van der Waals surface area contributed by atoms with Gasteiger partial charge >= 0.3 is 11.8 Å². The fourth-order valence-corrected chi connectivity index (χ4v) is 5.17. The lowest BCUT2D eigenvalue weighted by Gasteiger charge is -2.34. The van der Waals surface area contributed by atoms with Crippen molar-refractivity contribution in [3.05, 3.63) is 30.3 Å². The molecule has 1 aliphatic heterocycles. The first-order valence-electron chi connectivity index (χ1n) is 9.75. The first-order valence-corrected chi connectivity index (χ1v) is 11.2. The third-order valence-electron chi connectivity index (χ3n) is 5.09. The van der Waals surface area contributed by atoms with Gasteiger partial charge in [0, 0.05) is 12.6 Å². The van der Waals surface area contributed by atoms with Crippen LogP contribution < -0.4 is 10.6 Å². The average molecular weight is 410 g/mol. The van der Waals surface area contributed by atoms with Crippen molar-refractivity contribution in [1.82, 2.24) is 14.9 Å². The van der Waals surface area contributed by atoms with Crippen LogP contribution in [0.2, 0.25) is 0 Å². The number of hydrogen-bond donors (Lipinski definition) is 2. The number of carbonyl (C=O) groups is 2. The van der Waals surface area contributed by atoms with Gasteiger partial charge in [-0.2, -0.15) is 4.31 Å². The van der Waals surface area contributed by atoms with Crippen LogP contribution in [0.4, 0.5) is 0 Å². The van der Waals surface area contributed by atoms with E-state index in [4.69, 9.17) is 4.74 Å². The number of hydrogen-bond acceptors (Lipinski definition) is 5. The molecular weight excluding hydrogens is 382 g/mol. The normalized spacial score (nSPS) is 21.8. The topological polar surface area (TPSA) is 105 Å². The van der Waals surface area contributed by atoms with Crippen LogP contribution >= 0.6 is 0 Å². The Morgan fingerprint density at radius 3 is 2.46 bits per heavy atom. The molecule has 8 nitrogen and oxygen atoms in total. The Hall–Kier alpha value is -1.97. The highest BCUT2D eigenvalue weighted by Crippen LogP contribution is 2.21. The standard InChI is InChI=1S/C19H27N3O5S/c23-18(19(24)21-15-8-3-1-4-9-15)20-14-17-22(12-7-13-27-17)28(25,26)16-10-5-2-6-11-16/h2,5-6,10-11,15,17H,1,3-4,7-9,12-14H2,(H,20,23)(H,21,24). The molecule has 1 heterocycles. The van der Waals surface area contributed by atoms with Gasteiger partial charge in [-0.3, -0.25) is 9.59 Å². The van der Waals surface area contributed by atoms with Gasteiger partial charge in [0.25, 0.3) is 0 Å². The third-order valence-corrected chi connectivity index (χ3v) is 6.99. The van der Waals surface area contributed by atoms with E-state index in [0.29, 0.717) is 19.6 Å². The van der Waals surface area contributed by atoms with E-state index in [-0.39, 0.29) is 17.5 Å². The quantitative estimate of drug-likeness (QED) is 0.706. The van der Waals surface area contributed by atoms with E-state index in [1.807, 2.05) is 0 Å². The molecule has 1 atom stereocenters. The number of nitrogens with zero attached hydrogens (tertiary/aromatic N) is 1. The van der Waals surface area contributed by atoms with E-state index in [9.17, 15) is 18.0 Å². The lowest BCUT2D eigenvalue weighted by molar-refractivity contribution is -0.140. The number of nitrogens with one attached hydrogen (secondary N) is 2. The van der Waals surface area contributed by atoms with Crippen LogP contribution in [0.25, 0.3) is 0 Å². The lowest BCUT2D eigenvalue weighted by atomic mass is 9.95. The Kier molecular flexibility index (Phi) is 7.03. The highest BCUT2D eigenvalue weighted by Gasteiger charge is 2.35. The van der Waals surface area contributed by atoms with Crippen LogP contribution in [0.5, 0.6) is 0 Å². The van der Waals surface area contributed by atoms with Crippen molar-refractivity contribution >= 4 is 21.8 Å². The van der Waals surface area contributed by atoms with Gasteiger partial charge in [0.15, 0.2) is 0 Å². The number of rotatable bonds is 5. The number of carbonyl (C=O) groups excluding carboxylic acids is 2. The number of sulfonamides is 1. The molecule has 1 saturated heterocycles. The van der Waals surface area contributed by atoms with Gasteiger partial charge in [-0.25, -0.2) is 8.42 Å². The van der Waals surface area contributed by atoms with E-state index in [2.05, 4.69) is 10.6 Å². The molecular formula is C19H27N3O5S. The van der Waals surface area contributed by atoms with Gasteiger partial charge in [-0.05, 0) is 31.4 Å². The molecule has 1 saturated carbocycles. The highest BCUT2D eigenvalue weighted by molar-refractivity contribution is 7.89. The van der Waals surface area contributed by atoms with Crippen molar-refractivity contribution < 1.29 is 22.7 Å². The van der Waals surface area contributed by atoms with Crippen molar-refractivity contribution in [3.8, 4) is 0 Å². The molecule has 9 heteroatoms. The van der Waals surface area contributed by atoms with E-state index in [1.165, 1.54) is 16.4 Å². The summed E-state index contributed by atoms with van der Waals surface area (Å²) in [5, 5.41) is 5.26. The third kappa shape index (κ3) is 5.09. The molecule has 2 N–H and O–H groups in total. The van der Waals surface area contributed by atoms with E-state index in [0.717, 1.165) is 32.1 Å². The second kappa shape index (κ2) is 9.49. The molecule has 0 spiro atoms. The largest absolute Gasteiger partial charge is 0.360 e. The summed E-state index contributed by atoms with van der Waals surface area (Å²) in [4.78, 5) is 24.4. The predicted molar refractivity (Wildman–Crippen MR) is 103 cm³/mol. The van der Waals surface area contributed by atoms with Crippen LogP contribution in [0.3, 0.4) is 0 Å². The minimum atomic E-state index is -3.75.